The molecule has 96 valence electrons. The number of likely N-dealkylation sites (N-methyl/N-ethyl adjacent to an activating group) is 1. The second-order valence-corrected chi connectivity index (χ2v) is 4.52. The van der Waals surface area contributed by atoms with Gasteiger partial charge in [0.15, 0.2) is 0 Å². The Hall–Kier alpha value is -0.610. The third-order valence-corrected chi connectivity index (χ3v) is 2.78. The summed E-state index contributed by atoms with van der Waals surface area (Å²) in [6, 6.07) is 0.404. The van der Waals surface area contributed by atoms with Crippen LogP contribution in [0.1, 0.15) is 33.1 Å². The number of carboxylic acid groups (broad SMARTS) is 1. The molecule has 0 aromatic rings. The highest BCUT2D eigenvalue weighted by atomic mass is 16.4. The van der Waals surface area contributed by atoms with E-state index in [0.717, 1.165) is 32.4 Å². The third-order valence-electron chi connectivity index (χ3n) is 2.78. The van der Waals surface area contributed by atoms with Crippen molar-refractivity contribution in [1.82, 2.24) is 9.80 Å². The predicted molar refractivity (Wildman–Crippen MR) is 66.7 cm³/mol. The lowest BCUT2D eigenvalue weighted by Crippen LogP contribution is -2.42. The van der Waals surface area contributed by atoms with Crippen LogP contribution < -0.4 is 0 Å². The second kappa shape index (κ2) is 8.53. The van der Waals surface area contributed by atoms with Crippen molar-refractivity contribution in [1.29, 1.82) is 0 Å². The summed E-state index contributed by atoms with van der Waals surface area (Å²) >= 11 is 0. The van der Waals surface area contributed by atoms with E-state index in [1.165, 1.54) is 0 Å². The van der Waals surface area contributed by atoms with Crippen molar-refractivity contribution < 1.29 is 9.90 Å². The molecular weight excluding hydrogens is 204 g/mol. The first-order valence-electron chi connectivity index (χ1n) is 6.11. The first-order valence-corrected chi connectivity index (χ1v) is 6.11. The van der Waals surface area contributed by atoms with Gasteiger partial charge in [0.05, 0.1) is 6.54 Å². The van der Waals surface area contributed by atoms with Crippen molar-refractivity contribution >= 4 is 5.97 Å². The van der Waals surface area contributed by atoms with Gasteiger partial charge in [-0.05, 0) is 26.9 Å². The lowest BCUT2D eigenvalue weighted by molar-refractivity contribution is -0.139. The smallest absolute Gasteiger partial charge is 0.317 e. The highest BCUT2D eigenvalue weighted by molar-refractivity contribution is 5.69. The molecule has 0 heterocycles. The van der Waals surface area contributed by atoms with Crippen LogP contribution in [0.3, 0.4) is 0 Å². The zero-order chi connectivity index (χ0) is 12.6. The number of aliphatic carboxylic acids is 1. The Bertz CT molecular complexity index is 195. The second-order valence-electron chi connectivity index (χ2n) is 4.52. The summed E-state index contributed by atoms with van der Waals surface area (Å²) in [7, 11) is 4.03. The van der Waals surface area contributed by atoms with Crippen LogP contribution in [0.25, 0.3) is 0 Å². The average molecular weight is 230 g/mol. The fraction of sp³-hybridized carbons (Fsp3) is 0.917. The van der Waals surface area contributed by atoms with E-state index in [0.29, 0.717) is 6.04 Å². The van der Waals surface area contributed by atoms with Crippen LogP contribution in [-0.4, -0.2) is 60.6 Å². The monoisotopic (exact) mass is 230 g/mol. The Morgan fingerprint density at radius 1 is 1.25 bits per heavy atom. The van der Waals surface area contributed by atoms with Gasteiger partial charge in [-0.15, -0.1) is 0 Å². The van der Waals surface area contributed by atoms with Crippen molar-refractivity contribution in [2.45, 2.75) is 39.2 Å². The van der Waals surface area contributed by atoms with Gasteiger partial charge in [0.1, 0.15) is 0 Å². The topological polar surface area (TPSA) is 43.8 Å². The molecule has 4 heteroatoms. The van der Waals surface area contributed by atoms with Gasteiger partial charge in [0.25, 0.3) is 0 Å². The molecule has 0 aliphatic rings. The molecule has 1 atom stereocenters. The van der Waals surface area contributed by atoms with Crippen LogP contribution in [-0.2, 0) is 4.79 Å². The van der Waals surface area contributed by atoms with E-state index in [9.17, 15) is 4.79 Å². The van der Waals surface area contributed by atoms with Crippen LogP contribution in [0.4, 0.5) is 0 Å². The maximum Gasteiger partial charge on any atom is 0.317 e. The fourth-order valence-corrected chi connectivity index (χ4v) is 1.87. The van der Waals surface area contributed by atoms with Crippen LogP contribution in [0.5, 0.6) is 0 Å². The van der Waals surface area contributed by atoms with Gasteiger partial charge >= 0.3 is 5.97 Å². The first kappa shape index (κ1) is 15.4. The SMILES string of the molecule is CCCC(CC)N(CCN(C)C)CC(=O)O. The van der Waals surface area contributed by atoms with Crippen molar-refractivity contribution in [3.05, 3.63) is 0 Å². The zero-order valence-electron chi connectivity index (χ0n) is 11.1. The maximum atomic E-state index is 10.8. The molecule has 1 unspecified atom stereocenters. The lowest BCUT2D eigenvalue weighted by atomic mass is 10.1. The van der Waals surface area contributed by atoms with Crippen molar-refractivity contribution in [3.63, 3.8) is 0 Å². The van der Waals surface area contributed by atoms with Crippen LogP contribution in [0.15, 0.2) is 0 Å². The summed E-state index contributed by atoms with van der Waals surface area (Å²) in [4.78, 5) is 15.0. The van der Waals surface area contributed by atoms with Gasteiger partial charge in [0.2, 0.25) is 0 Å². The molecule has 4 nitrogen and oxygen atoms in total. The molecule has 0 saturated carbocycles. The molecule has 0 amide bonds. The standard InChI is InChI=1S/C12H26N2O2/c1-5-7-11(6-2)14(10-12(15)16)9-8-13(3)4/h11H,5-10H2,1-4H3,(H,15,16). The van der Waals surface area contributed by atoms with Gasteiger partial charge < -0.3 is 10.0 Å². The summed E-state index contributed by atoms with van der Waals surface area (Å²) in [6.07, 6.45) is 3.21. The molecule has 0 aromatic carbocycles. The highest BCUT2D eigenvalue weighted by Gasteiger charge is 2.18. The Morgan fingerprint density at radius 3 is 2.25 bits per heavy atom. The Labute approximate surface area is 99.2 Å². The van der Waals surface area contributed by atoms with Gasteiger partial charge in [-0.1, -0.05) is 20.3 Å². The quantitative estimate of drug-likeness (QED) is 0.652. The summed E-state index contributed by atoms with van der Waals surface area (Å²) in [5.74, 6) is -0.728. The normalized spacial score (nSPS) is 13.4. The molecule has 0 aliphatic heterocycles. The van der Waals surface area contributed by atoms with E-state index in [1.54, 1.807) is 0 Å². The number of carboxylic acids is 1. The maximum absolute atomic E-state index is 10.8. The molecule has 1 N–H and O–H groups in total. The minimum absolute atomic E-state index is 0.159. The van der Waals surface area contributed by atoms with Crippen LogP contribution in [0.2, 0.25) is 0 Å². The van der Waals surface area contributed by atoms with E-state index in [4.69, 9.17) is 5.11 Å². The molecule has 16 heavy (non-hydrogen) atoms. The van der Waals surface area contributed by atoms with Crippen LogP contribution >= 0.6 is 0 Å². The minimum Gasteiger partial charge on any atom is -0.480 e. The summed E-state index contributed by atoms with van der Waals surface area (Å²) in [5.41, 5.74) is 0. The Balaban J connectivity index is 4.30. The molecule has 0 saturated heterocycles. The molecule has 0 aliphatic carbocycles. The summed E-state index contributed by atoms with van der Waals surface area (Å²) in [5, 5.41) is 8.91. The average Bonchev–Trinajstić information content (AvgIpc) is 2.20. The van der Waals surface area contributed by atoms with E-state index in [2.05, 4.69) is 23.6 Å². The van der Waals surface area contributed by atoms with Crippen LogP contribution in [0, 0.1) is 0 Å². The summed E-state index contributed by atoms with van der Waals surface area (Å²) in [6.45, 7) is 6.18. The van der Waals surface area contributed by atoms with Gasteiger partial charge in [-0.25, -0.2) is 0 Å². The van der Waals surface area contributed by atoms with Crippen molar-refractivity contribution in [2.24, 2.45) is 0 Å². The molecular formula is C12H26N2O2. The molecule has 0 spiro atoms. The van der Waals surface area contributed by atoms with E-state index >= 15 is 0 Å². The van der Waals surface area contributed by atoms with Crippen molar-refractivity contribution in [2.75, 3.05) is 33.7 Å². The van der Waals surface area contributed by atoms with Crippen molar-refractivity contribution in [3.8, 4) is 0 Å². The van der Waals surface area contributed by atoms with Gasteiger partial charge in [-0.3, -0.25) is 9.69 Å². The fourth-order valence-electron chi connectivity index (χ4n) is 1.87. The lowest BCUT2D eigenvalue weighted by Gasteiger charge is -2.30. The highest BCUT2D eigenvalue weighted by Crippen LogP contribution is 2.10. The molecule has 0 fully saturated rings. The number of hydrogen-bond acceptors (Lipinski definition) is 3. The largest absolute Gasteiger partial charge is 0.480 e. The van der Waals surface area contributed by atoms with Gasteiger partial charge in [-0.2, -0.15) is 0 Å². The summed E-state index contributed by atoms with van der Waals surface area (Å²) < 4.78 is 0. The zero-order valence-corrected chi connectivity index (χ0v) is 11.1. The predicted octanol–water partition coefficient (Wildman–Crippen LogP) is 1.51. The molecule has 0 aromatic heterocycles. The molecule has 0 radical (unpaired) electrons. The minimum atomic E-state index is -0.728. The Morgan fingerprint density at radius 2 is 1.88 bits per heavy atom. The number of carbonyl (C=O) groups is 1. The molecule has 0 bridgehead atoms. The van der Waals surface area contributed by atoms with Gasteiger partial charge in [0, 0.05) is 19.1 Å². The molecule has 0 rings (SSSR count). The third kappa shape index (κ3) is 6.80. The van der Waals surface area contributed by atoms with E-state index < -0.39 is 5.97 Å². The van der Waals surface area contributed by atoms with E-state index in [-0.39, 0.29) is 6.54 Å². The number of nitrogens with zero attached hydrogens (tertiary/aromatic N) is 2. The van der Waals surface area contributed by atoms with E-state index in [1.807, 2.05) is 14.1 Å². The first-order chi connectivity index (χ1) is 7.51. The number of rotatable bonds is 9. The Kier molecular flexibility index (Phi) is 8.21. The number of hydrogen-bond donors (Lipinski definition) is 1.